The van der Waals surface area contributed by atoms with Crippen LogP contribution in [0.5, 0.6) is 5.75 Å². The number of rotatable bonds is 4. The lowest BCUT2D eigenvalue weighted by molar-refractivity contribution is -0.275. The summed E-state index contributed by atoms with van der Waals surface area (Å²) in [4.78, 5) is 24.4. The number of H-pyrrole nitrogens is 1. The molecule has 0 bridgehead atoms. The smallest absolute Gasteiger partial charge is 0.462 e. The van der Waals surface area contributed by atoms with Crippen molar-refractivity contribution in [3.05, 3.63) is 27.7 Å². The van der Waals surface area contributed by atoms with Crippen molar-refractivity contribution in [2.45, 2.75) is 20.0 Å². The molecule has 0 saturated carbocycles. The molecule has 9 heteroatoms. The Balaban J connectivity index is 3.25. The Labute approximate surface area is 104 Å². The second kappa shape index (κ2) is 5.72. The van der Waals surface area contributed by atoms with Gasteiger partial charge in [-0.25, -0.2) is 9.18 Å². The standard InChI is InChI=1S/C10H9F4NO4/c1-2-18-9(17)5-3-7(19-10(12,13)14)8(16)15-6(5)4-11/h3H,2,4H2,1H3,(H,15,16). The highest BCUT2D eigenvalue weighted by molar-refractivity contribution is 5.91. The number of pyridine rings is 1. The number of alkyl halides is 4. The van der Waals surface area contributed by atoms with Crippen LogP contribution < -0.4 is 10.3 Å². The molecule has 0 amide bonds. The number of carbonyl (C=O) groups excluding carboxylic acids is 1. The predicted molar refractivity (Wildman–Crippen MR) is 54.5 cm³/mol. The van der Waals surface area contributed by atoms with E-state index in [0.717, 1.165) is 0 Å². The van der Waals surface area contributed by atoms with Gasteiger partial charge in [0, 0.05) is 6.07 Å². The van der Waals surface area contributed by atoms with E-state index >= 15 is 0 Å². The number of halogens is 4. The van der Waals surface area contributed by atoms with Gasteiger partial charge in [0.2, 0.25) is 0 Å². The molecule has 0 radical (unpaired) electrons. The highest BCUT2D eigenvalue weighted by Gasteiger charge is 2.33. The highest BCUT2D eigenvalue weighted by atomic mass is 19.4. The maximum atomic E-state index is 12.6. The number of ether oxygens (including phenoxy) is 2. The summed E-state index contributed by atoms with van der Waals surface area (Å²) in [7, 11) is 0. The molecule has 1 N–H and O–H groups in total. The fourth-order valence-electron chi connectivity index (χ4n) is 1.25. The van der Waals surface area contributed by atoms with Crippen LogP contribution >= 0.6 is 0 Å². The second-order valence-corrected chi connectivity index (χ2v) is 3.26. The number of hydrogen-bond acceptors (Lipinski definition) is 4. The molecule has 0 aliphatic carbocycles. The first-order valence-corrected chi connectivity index (χ1v) is 5.03. The van der Waals surface area contributed by atoms with E-state index in [-0.39, 0.29) is 6.61 Å². The average molecular weight is 283 g/mol. The number of hydrogen-bond donors (Lipinski definition) is 1. The molecule has 0 aromatic carbocycles. The normalized spacial score (nSPS) is 11.2. The Hall–Kier alpha value is -2.06. The van der Waals surface area contributed by atoms with Crippen LogP contribution in [-0.2, 0) is 11.4 Å². The Kier molecular flexibility index (Phi) is 4.52. The van der Waals surface area contributed by atoms with Crippen molar-refractivity contribution in [2.75, 3.05) is 6.61 Å². The lowest BCUT2D eigenvalue weighted by atomic mass is 10.2. The van der Waals surface area contributed by atoms with Gasteiger partial charge in [-0.1, -0.05) is 0 Å². The number of esters is 1. The third kappa shape index (κ3) is 3.97. The molecule has 0 fully saturated rings. The topological polar surface area (TPSA) is 68.4 Å². The van der Waals surface area contributed by atoms with Gasteiger partial charge in [-0.2, -0.15) is 0 Å². The zero-order chi connectivity index (χ0) is 14.6. The molecule has 1 rings (SSSR count). The first kappa shape index (κ1) is 15.0. The molecular formula is C10H9F4NO4. The van der Waals surface area contributed by atoms with E-state index in [1.807, 2.05) is 0 Å². The van der Waals surface area contributed by atoms with Crippen molar-refractivity contribution in [3.63, 3.8) is 0 Å². The first-order valence-electron chi connectivity index (χ1n) is 5.03. The van der Waals surface area contributed by atoms with Gasteiger partial charge in [0.25, 0.3) is 5.56 Å². The molecule has 0 atom stereocenters. The summed E-state index contributed by atoms with van der Waals surface area (Å²) in [5, 5.41) is 0. The molecule has 1 aromatic rings. The van der Waals surface area contributed by atoms with Crippen molar-refractivity contribution in [1.82, 2.24) is 4.98 Å². The van der Waals surface area contributed by atoms with Gasteiger partial charge in [-0.15, -0.1) is 13.2 Å². The van der Waals surface area contributed by atoms with Gasteiger partial charge < -0.3 is 14.5 Å². The summed E-state index contributed by atoms with van der Waals surface area (Å²) in [5.41, 5.74) is -2.29. The zero-order valence-electron chi connectivity index (χ0n) is 9.64. The maximum absolute atomic E-state index is 12.6. The quantitative estimate of drug-likeness (QED) is 0.677. The van der Waals surface area contributed by atoms with Crippen LogP contribution in [0.2, 0.25) is 0 Å². The van der Waals surface area contributed by atoms with Crippen molar-refractivity contribution >= 4 is 5.97 Å². The van der Waals surface area contributed by atoms with E-state index in [1.165, 1.54) is 6.92 Å². The Bertz CT molecular complexity index is 523. The Morgan fingerprint density at radius 3 is 2.53 bits per heavy atom. The summed E-state index contributed by atoms with van der Waals surface area (Å²) in [6.45, 7) is 0.167. The third-order valence-electron chi connectivity index (χ3n) is 1.94. The van der Waals surface area contributed by atoms with Gasteiger partial charge >= 0.3 is 12.3 Å². The van der Waals surface area contributed by atoms with E-state index < -0.39 is 41.6 Å². The van der Waals surface area contributed by atoms with Crippen molar-refractivity contribution < 1.29 is 31.8 Å². The van der Waals surface area contributed by atoms with E-state index in [2.05, 4.69) is 9.47 Å². The Morgan fingerprint density at radius 1 is 1.42 bits per heavy atom. The molecule has 1 aromatic heterocycles. The molecule has 0 spiro atoms. The molecule has 0 unspecified atom stereocenters. The maximum Gasteiger partial charge on any atom is 0.573 e. The molecule has 0 aliphatic heterocycles. The largest absolute Gasteiger partial charge is 0.573 e. The van der Waals surface area contributed by atoms with Crippen LogP contribution in [-0.4, -0.2) is 23.9 Å². The molecule has 0 saturated heterocycles. The Morgan fingerprint density at radius 2 is 2.05 bits per heavy atom. The fraction of sp³-hybridized carbons (Fsp3) is 0.400. The van der Waals surface area contributed by atoms with Crippen molar-refractivity contribution in [3.8, 4) is 5.75 Å². The SMILES string of the molecule is CCOC(=O)c1cc(OC(F)(F)F)c(=O)[nH]c1CF. The van der Waals surface area contributed by atoms with Crippen molar-refractivity contribution in [1.29, 1.82) is 0 Å². The van der Waals surface area contributed by atoms with E-state index in [1.54, 1.807) is 4.98 Å². The summed E-state index contributed by atoms with van der Waals surface area (Å²) >= 11 is 0. The van der Waals surface area contributed by atoms with Gasteiger partial charge in [0.1, 0.15) is 6.67 Å². The number of aromatic amines is 1. The molecule has 19 heavy (non-hydrogen) atoms. The molecular weight excluding hydrogens is 274 g/mol. The predicted octanol–water partition coefficient (Wildman–Crippen LogP) is 1.92. The average Bonchev–Trinajstić information content (AvgIpc) is 2.29. The summed E-state index contributed by atoms with van der Waals surface area (Å²) < 4.78 is 56.6. The van der Waals surface area contributed by atoms with Crippen LogP contribution in [0.25, 0.3) is 0 Å². The van der Waals surface area contributed by atoms with E-state index in [4.69, 9.17) is 0 Å². The monoisotopic (exact) mass is 283 g/mol. The fourth-order valence-corrected chi connectivity index (χ4v) is 1.25. The molecule has 106 valence electrons. The van der Waals surface area contributed by atoms with Crippen LogP contribution in [0.3, 0.4) is 0 Å². The molecule has 1 heterocycles. The molecule has 5 nitrogen and oxygen atoms in total. The van der Waals surface area contributed by atoms with Gasteiger partial charge in [0.15, 0.2) is 5.75 Å². The number of nitrogens with one attached hydrogen (secondary N) is 1. The van der Waals surface area contributed by atoms with Crippen LogP contribution in [0, 0.1) is 0 Å². The highest BCUT2D eigenvalue weighted by Crippen LogP contribution is 2.21. The molecule has 0 aliphatic rings. The minimum Gasteiger partial charge on any atom is -0.462 e. The van der Waals surface area contributed by atoms with E-state index in [9.17, 15) is 27.2 Å². The van der Waals surface area contributed by atoms with Crippen molar-refractivity contribution in [2.24, 2.45) is 0 Å². The van der Waals surface area contributed by atoms with Gasteiger partial charge in [-0.3, -0.25) is 4.79 Å². The summed E-state index contributed by atoms with van der Waals surface area (Å²) in [6, 6.07) is 0.499. The summed E-state index contributed by atoms with van der Waals surface area (Å²) in [5.74, 6) is -2.22. The van der Waals surface area contributed by atoms with Gasteiger partial charge in [0.05, 0.1) is 17.9 Å². The van der Waals surface area contributed by atoms with Crippen LogP contribution in [0.1, 0.15) is 23.0 Å². The van der Waals surface area contributed by atoms with Gasteiger partial charge in [-0.05, 0) is 6.92 Å². The van der Waals surface area contributed by atoms with Crippen LogP contribution in [0.15, 0.2) is 10.9 Å². The lowest BCUT2D eigenvalue weighted by Crippen LogP contribution is -2.24. The second-order valence-electron chi connectivity index (χ2n) is 3.26. The van der Waals surface area contributed by atoms with Crippen LogP contribution in [0.4, 0.5) is 17.6 Å². The lowest BCUT2D eigenvalue weighted by Gasteiger charge is -2.11. The summed E-state index contributed by atoms with van der Waals surface area (Å²) in [6.07, 6.45) is -5.10. The number of carbonyl (C=O) groups is 1. The minimum atomic E-state index is -5.10. The minimum absolute atomic E-state index is 0.0564. The third-order valence-corrected chi connectivity index (χ3v) is 1.94. The first-order chi connectivity index (χ1) is 8.78. The zero-order valence-corrected chi connectivity index (χ0v) is 9.64. The number of aromatic nitrogens is 1. The van der Waals surface area contributed by atoms with E-state index in [0.29, 0.717) is 6.07 Å².